The third-order valence-corrected chi connectivity index (χ3v) is 4.23. The average molecular weight is 270 g/mol. The van der Waals surface area contributed by atoms with Crippen molar-refractivity contribution < 1.29 is 9.16 Å². The molecule has 1 aliphatic rings. The van der Waals surface area contributed by atoms with Crippen molar-refractivity contribution in [3.8, 4) is 0 Å². The average Bonchev–Trinajstić information content (AvgIpc) is 2.25. The molecule has 0 aromatic heterocycles. The highest BCUT2D eigenvalue weighted by molar-refractivity contribution is 6.69. The van der Waals surface area contributed by atoms with Crippen molar-refractivity contribution in [3.05, 3.63) is 11.3 Å². The molecule has 0 aromatic carbocycles. The van der Waals surface area contributed by atoms with Gasteiger partial charge in [0.05, 0.1) is 12.4 Å². The summed E-state index contributed by atoms with van der Waals surface area (Å²) in [7, 11) is -1.42. The van der Waals surface area contributed by atoms with Gasteiger partial charge in [-0.15, -0.1) is 0 Å². The van der Waals surface area contributed by atoms with Gasteiger partial charge in [0.1, 0.15) is 0 Å². The van der Waals surface area contributed by atoms with Crippen LogP contribution >= 0.6 is 0 Å². The lowest BCUT2D eigenvalue weighted by Crippen LogP contribution is -2.34. The fourth-order valence-corrected chi connectivity index (χ4v) is 2.78. The highest BCUT2D eigenvalue weighted by Crippen LogP contribution is 2.27. The zero-order valence-electron chi connectivity index (χ0n) is 13.1. The maximum Gasteiger partial charge on any atom is 0.183 e. The molecule has 0 atom stereocenters. The molecule has 0 aromatic rings. The van der Waals surface area contributed by atoms with Crippen LogP contribution in [0.1, 0.15) is 46.5 Å². The van der Waals surface area contributed by atoms with Crippen LogP contribution in [0.4, 0.5) is 0 Å². The lowest BCUT2D eigenvalue weighted by atomic mass is 9.95. The number of rotatable bonds is 6. The third kappa shape index (κ3) is 6.05. The predicted octanol–water partition coefficient (Wildman–Crippen LogP) is 4.73. The van der Waals surface area contributed by atoms with Gasteiger partial charge >= 0.3 is 0 Å². The topological polar surface area (TPSA) is 18.5 Å². The Hall–Kier alpha value is -0.283. The Labute approximate surface area is 114 Å². The summed E-state index contributed by atoms with van der Waals surface area (Å²) < 4.78 is 12.0. The van der Waals surface area contributed by atoms with Crippen molar-refractivity contribution in [3.63, 3.8) is 0 Å². The molecule has 0 radical (unpaired) electrons. The molecule has 0 aliphatic heterocycles. The molecule has 0 unspecified atom stereocenters. The van der Waals surface area contributed by atoms with E-state index in [1.165, 1.54) is 30.6 Å². The van der Waals surface area contributed by atoms with E-state index in [1.54, 1.807) is 0 Å². The van der Waals surface area contributed by atoms with Crippen LogP contribution in [0.15, 0.2) is 11.3 Å². The van der Waals surface area contributed by atoms with Gasteiger partial charge in [-0.1, -0.05) is 13.8 Å². The normalized spacial score (nSPS) is 18.1. The van der Waals surface area contributed by atoms with E-state index in [0.29, 0.717) is 0 Å². The maximum atomic E-state index is 6.04. The number of ether oxygens (including phenoxy) is 1. The van der Waals surface area contributed by atoms with E-state index in [1.807, 2.05) is 0 Å². The van der Waals surface area contributed by atoms with Gasteiger partial charge in [-0.25, -0.2) is 0 Å². The van der Waals surface area contributed by atoms with Crippen LogP contribution in [-0.2, 0) is 9.16 Å². The molecule has 1 rings (SSSR count). The zero-order valence-corrected chi connectivity index (χ0v) is 14.1. The summed E-state index contributed by atoms with van der Waals surface area (Å²) >= 11 is 0. The fourth-order valence-electron chi connectivity index (χ4n) is 1.96. The Balaban J connectivity index is 2.41. The van der Waals surface area contributed by atoms with Gasteiger partial charge in [-0.2, -0.15) is 0 Å². The highest BCUT2D eigenvalue weighted by Gasteiger charge is 2.25. The van der Waals surface area contributed by atoms with Gasteiger partial charge in [0.25, 0.3) is 0 Å². The van der Waals surface area contributed by atoms with Crippen LogP contribution < -0.4 is 0 Å². The van der Waals surface area contributed by atoms with Crippen LogP contribution in [0.25, 0.3) is 0 Å². The monoisotopic (exact) mass is 270 g/mol. The SMILES string of the molecule is CC1=C(OCC(C)(C)CO[Si](C)(C)C)CCCC1. The van der Waals surface area contributed by atoms with E-state index in [9.17, 15) is 0 Å². The van der Waals surface area contributed by atoms with E-state index < -0.39 is 8.32 Å². The van der Waals surface area contributed by atoms with Gasteiger partial charge in [0.15, 0.2) is 8.32 Å². The second-order valence-corrected chi connectivity index (χ2v) is 11.8. The molecule has 3 heteroatoms. The van der Waals surface area contributed by atoms with E-state index in [4.69, 9.17) is 9.16 Å². The summed E-state index contributed by atoms with van der Waals surface area (Å²) in [5.41, 5.74) is 1.55. The molecule has 0 N–H and O–H groups in total. The minimum Gasteiger partial charge on any atom is -0.497 e. The Morgan fingerprint density at radius 3 is 2.22 bits per heavy atom. The minimum atomic E-state index is -1.42. The van der Waals surface area contributed by atoms with Gasteiger partial charge in [0.2, 0.25) is 0 Å². The molecule has 18 heavy (non-hydrogen) atoms. The van der Waals surface area contributed by atoms with Gasteiger partial charge in [0, 0.05) is 18.4 Å². The Kier molecular flexibility index (Phi) is 5.47. The molecule has 0 bridgehead atoms. The first-order valence-electron chi connectivity index (χ1n) is 7.15. The number of hydrogen-bond acceptors (Lipinski definition) is 2. The van der Waals surface area contributed by atoms with Crippen LogP contribution in [0.3, 0.4) is 0 Å². The van der Waals surface area contributed by atoms with Crippen molar-refractivity contribution in [2.45, 2.75) is 66.1 Å². The second-order valence-electron chi connectivity index (χ2n) is 7.26. The molecular formula is C15H30O2Si. The van der Waals surface area contributed by atoms with Crippen LogP contribution in [-0.4, -0.2) is 21.5 Å². The predicted molar refractivity (Wildman–Crippen MR) is 80.2 cm³/mol. The number of hydrogen-bond donors (Lipinski definition) is 0. The largest absolute Gasteiger partial charge is 0.497 e. The third-order valence-electron chi connectivity index (χ3n) is 3.21. The molecule has 0 amide bonds. The quantitative estimate of drug-likeness (QED) is 0.650. The second kappa shape index (κ2) is 6.24. The smallest absolute Gasteiger partial charge is 0.183 e. The Bertz CT molecular complexity index is 300. The summed E-state index contributed by atoms with van der Waals surface area (Å²) in [5, 5.41) is 0. The van der Waals surface area contributed by atoms with Crippen molar-refractivity contribution in [2.75, 3.05) is 13.2 Å². The Morgan fingerprint density at radius 1 is 1.06 bits per heavy atom. The van der Waals surface area contributed by atoms with Crippen LogP contribution in [0, 0.1) is 5.41 Å². The summed E-state index contributed by atoms with van der Waals surface area (Å²) in [5.74, 6) is 1.24. The molecule has 2 nitrogen and oxygen atoms in total. The number of allylic oxidation sites excluding steroid dienone is 2. The van der Waals surface area contributed by atoms with E-state index in [-0.39, 0.29) is 5.41 Å². The summed E-state index contributed by atoms with van der Waals surface area (Å²) in [6.45, 7) is 14.9. The zero-order chi connectivity index (χ0) is 13.8. The summed E-state index contributed by atoms with van der Waals surface area (Å²) in [4.78, 5) is 0. The Morgan fingerprint density at radius 2 is 1.67 bits per heavy atom. The first kappa shape index (κ1) is 15.8. The molecule has 0 spiro atoms. The summed E-state index contributed by atoms with van der Waals surface area (Å²) in [6, 6.07) is 0. The van der Waals surface area contributed by atoms with E-state index in [2.05, 4.69) is 40.4 Å². The molecular weight excluding hydrogens is 240 g/mol. The van der Waals surface area contributed by atoms with Crippen molar-refractivity contribution in [1.29, 1.82) is 0 Å². The maximum absolute atomic E-state index is 6.04. The van der Waals surface area contributed by atoms with Crippen LogP contribution in [0.2, 0.25) is 19.6 Å². The van der Waals surface area contributed by atoms with Crippen molar-refractivity contribution in [2.24, 2.45) is 5.41 Å². The standard InChI is InChI=1S/C15H30O2Si/c1-13-9-7-8-10-14(13)16-11-15(2,3)12-17-18(4,5)6/h7-12H2,1-6H3. The lowest BCUT2D eigenvalue weighted by Gasteiger charge is -2.30. The van der Waals surface area contributed by atoms with Crippen molar-refractivity contribution >= 4 is 8.32 Å². The fraction of sp³-hybridized carbons (Fsp3) is 0.867. The summed E-state index contributed by atoms with van der Waals surface area (Å²) in [6.07, 6.45) is 4.93. The van der Waals surface area contributed by atoms with Gasteiger partial charge in [-0.3, -0.25) is 0 Å². The first-order valence-corrected chi connectivity index (χ1v) is 10.6. The highest BCUT2D eigenvalue weighted by atomic mass is 28.4. The molecule has 1 aliphatic carbocycles. The lowest BCUT2D eigenvalue weighted by molar-refractivity contribution is 0.0626. The molecule has 106 valence electrons. The molecule has 0 heterocycles. The molecule has 0 saturated heterocycles. The van der Waals surface area contributed by atoms with E-state index in [0.717, 1.165) is 19.6 Å². The van der Waals surface area contributed by atoms with Crippen LogP contribution in [0.5, 0.6) is 0 Å². The van der Waals surface area contributed by atoms with Gasteiger partial charge < -0.3 is 9.16 Å². The van der Waals surface area contributed by atoms with Crippen molar-refractivity contribution in [1.82, 2.24) is 0 Å². The van der Waals surface area contributed by atoms with Gasteiger partial charge in [-0.05, 0) is 51.4 Å². The van der Waals surface area contributed by atoms with E-state index >= 15 is 0 Å². The molecule has 0 fully saturated rings. The molecule has 0 saturated carbocycles. The first-order chi connectivity index (χ1) is 8.20. The minimum absolute atomic E-state index is 0.102.